The van der Waals surface area contributed by atoms with E-state index in [9.17, 15) is 4.79 Å². The quantitative estimate of drug-likeness (QED) is 0.885. The SMILES string of the molecule is CCc1cc(C(=O)O)cc(OC2CCOCC2)n1. The molecule has 2 heterocycles. The van der Waals surface area contributed by atoms with Crippen LogP contribution >= 0.6 is 0 Å². The van der Waals surface area contributed by atoms with Gasteiger partial charge in [-0.2, -0.15) is 0 Å². The lowest BCUT2D eigenvalue weighted by Crippen LogP contribution is -2.26. The van der Waals surface area contributed by atoms with Gasteiger partial charge in [-0.1, -0.05) is 6.92 Å². The van der Waals surface area contributed by atoms with Crippen molar-refractivity contribution < 1.29 is 19.4 Å². The van der Waals surface area contributed by atoms with Crippen molar-refractivity contribution in [2.45, 2.75) is 32.3 Å². The van der Waals surface area contributed by atoms with Crippen LogP contribution in [-0.2, 0) is 11.2 Å². The van der Waals surface area contributed by atoms with Crippen LogP contribution in [0.1, 0.15) is 35.8 Å². The molecule has 0 aliphatic carbocycles. The van der Waals surface area contributed by atoms with Crippen LogP contribution in [0.2, 0.25) is 0 Å². The Morgan fingerprint density at radius 2 is 2.22 bits per heavy atom. The molecule has 0 bridgehead atoms. The zero-order chi connectivity index (χ0) is 13.0. The molecule has 0 aromatic carbocycles. The largest absolute Gasteiger partial charge is 0.478 e. The normalized spacial score (nSPS) is 16.5. The second-order valence-corrected chi connectivity index (χ2v) is 4.27. The molecule has 2 rings (SSSR count). The molecular weight excluding hydrogens is 234 g/mol. The first-order valence-corrected chi connectivity index (χ1v) is 6.17. The third-order valence-corrected chi connectivity index (χ3v) is 2.92. The van der Waals surface area contributed by atoms with Gasteiger partial charge < -0.3 is 14.6 Å². The fraction of sp³-hybridized carbons (Fsp3) is 0.538. The van der Waals surface area contributed by atoms with Crippen LogP contribution in [0, 0.1) is 0 Å². The van der Waals surface area contributed by atoms with E-state index in [0.29, 0.717) is 25.5 Å². The van der Waals surface area contributed by atoms with E-state index < -0.39 is 5.97 Å². The maximum atomic E-state index is 11.0. The number of aromatic carboxylic acids is 1. The zero-order valence-electron chi connectivity index (χ0n) is 10.4. The third kappa shape index (κ3) is 3.20. The molecule has 0 unspecified atom stereocenters. The van der Waals surface area contributed by atoms with E-state index >= 15 is 0 Å². The van der Waals surface area contributed by atoms with Crippen molar-refractivity contribution in [3.63, 3.8) is 0 Å². The van der Waals surface area contributed by atoms with Gasteiger partial charge in [-0.25, -0.2) is 9.78 Å². The molecule has 5 nitrogen and oxygen atoms in total. The van der Waals surface area contributed by atoms with Crippen molar-refractivity contribution in [1.82, 2.24) is 4.98 Å². The van der Waals surface area contributed by atoms with E-state index in [1.807, 2.05) is 6.92 Å². The van der Waals surface area contributed by atoms with Gasteiger partial charge in [0.1, 0.15) is 6.10 Å². The lowest BCUT2D eigenvalue weighted by atomic mass is 10.1. The summed E-state index contributed by atoms with van der Waals surface area (Å²) in [5.41, 5.74) is 0.959. The summed E-state index contributed by atoms with van der Waals surface area (Å²) in [5.74, 6) is -0.553. The molecule has 1 N–H and O–H groups in total. The van der Waals surface area contributed by atoms with Crippen molar-refractivity contribution in [3.8, 4) is 5.88 Å². The standard InChI is InChI=1S/C13H17NO4/c1-2-10-7-9(13(15)16)8-12(14-10)18-11-3-5-17-6-4-11/h7-8,11H,2-6H2,1H3,(H,15,16). The number of aryl methyl sites for hydroxylation is 1. The molecule has 0 saturated carbocycles. The van der Waals surface area contributed by atoms with Crippen LogP contribution in [0.25, 0.3) is 0 Å². The van der Waals surface area contributed by atoms with Crippen LogP contribution < -0.4 is 4.74 Å². The average Bonchev–Trinajstić information content (AvgIpc) is 2.39. The van der Waals surface area contributed by atoms with Crippen molar-refractivity contribution in [1.29, 1.82) is 0 Å². The molecule has 1 fully saturated rings. The number of aromatic nitrogens is 1. The van der Waals surface area contributed by atoms with Crippen LogP contribution in [0.4, 0.5) is 0 Å². The Balaban J connectivity index is 2.15. The number of nitrogens with zero attached hydrogens (tertiary/aromatic N) is 1. The molecule has 5 heteroatoms. The van der Waals surface area contributed by atoms with Gasteiger partial charge in [0, 0.05) is 24.6 Å². The summed E-state index contributed by atoms with van der Waals surface area (Å²) in [4.78, 5) is 15.3. The molecule has 18 heavy (non-hydrogen) atoms. The maximum absolute atomic E-state index is 11.0. The van der Waals surface area contributed by atoms with Gasteiger partial charge >= 0.3 is 5.97 Å². The highest BCUT2D eigenvalue weighted by Gasteiger charge is 2.17. The van der Waals surface area contributed by atoms with Crippen molar-refractivity contribution in [2.24, 2.45) is 0 Å². The highest BCUT2D eigenvalue weighted by Crippen LogP contribution is 2.18. The Hall–Kier alpha value is -1.62. The highest BCUT2D eigenvalue weighted by atomic mass is 16.5. The first kappa shape index (κ1) is 12.8. The zero-order valence-corrected chi connectivity index (χ0v) is 10.4. The minimum absolute atomic E-state index is 0.0694. The van der Waals surface area contributed by atoms with E-state index in [2.05, 4.69) is 4.98 Å². The monoisotopic (exact) mass is 251 g/mol. The van der Waals surface area contributed by atoms with E-state index in [4.69, 9.17) is 14.6 Å². The van der Waals surface area contributed by atoms with Gasteiger partial charge in [0.15, 0.2) is 0 Å². The second-order valence-electron chi connectivity index (χ2n) is 4.27. The Kier molecular flexibility index (Phi) is 4.15. The van der Waals surface area contributed by atoms with Gasteiger partial charge in [0.05, 0.1) is 18.8 Å². The summed E-state index contributed by atoms with van der Waals surface area (Å²) in [6.45, 7) is 3.31. The molecule has 0 radical (unpaired) electrons. The number of pyridine rings is 1. The first-order valence-electron chi connectivity index (χ1n) is 6.17. The topological polar surface area (TPSA) is 68.7 Å². The number of ether oxygens (including phenoxy) is 2. The van der Waals surface area contributed by atoms with Crippen molar-refractivity contribution in [2.75, 3.05) is 13.2 Å². The molecular formula is C13H17NO4. The van der Waals surface area contributed by atoms with Crippen molar-refractivity contribution in [3.05, 3.63) is 23.4 Å². The number of carboxylic acid groups (broad SMARTS) is 1. The summed E-state index contributed by atoms with van der Waals surface area (Å²) in [7, 11) is 0. The van der Waals surface area contributed by atoms with Crippen LogP contribution in [0.15, 0.2) is 12.1 Å². The maximum Gasteiger partial charge on any atom is 0.335 e. The minimum Gasteiger partial charge on any atom is -0.478 e. The number of hydrogen-bond donors (Lipinski definition) is 1. The average molecular weight is 251 g/mol. The number of hydrogen-bond acceptors (Lipinski definition) is 4. The molecule has 0 amide bonds. The molecule has 0 atom stereocenters. The minimum atomic E-state index is -0.955. The molecule has 1 saturated heterocycles. The van der Waals surface area contributed by atoms with Gasteiger partial charge in [-0.05, 0) is 12.5 Å². The Morgan fingerprint density at radius 3 is 2.83 bits per heavy atom. The van der Waals surface area contributed by atoms with E-state index in [1.165, 1.54) is 6.07 Å². The molecule has 1 aromatic rings. The lowest BCUT2D eigenvalue weighted by Gasteiger charge is -2.23. The summed E-state index contributed by atoms with van der Waals surface area (Å²) in [6.07, 6.45) is 2.39. The molecule has 1 aliphatic heterocycles. The molecule has 98 valence electrons. The Morgan fingerprint density at radius 1 is 1.50 bits per heavy atom. The van der Waals surface area contributed by atoms with Gasteiger partial charge in [-0.3, -0.25) is 0 Å². The highest BCUT2D eigenvalue weighted by molar-refractivity contribution is 5.88. The van der Waals surface area contributed by atoms with E-state index in [1.54, 1.807) is 6.07 Å². The first-order chi connectivity index (χ1) is 8.69. The van der Waals surface area contributed by atoms with Crippen LogP contribution in [0.5, 0.6) is 5.88 Å². The molecule has 1 aliphatic rings. The summed E-state index contributed by atoms with van der Waals surface area (Å²) in [5, 5.41) is 9.03. The number of carboxylic acids is 1. The fourth-order valence-corrected chi connectivity index (χ4v) is 1.89. The Bertz CT molecular complexity index is 427. The Labute approximate surface area is 106 Å². The predicted octanol–water partition coefficient (Wildman–Crippen LogP) is 1.90. The van der Waals surface area contributed by atoms with Crippen molar-refractivity contribution >= 4 is 5.97 Å². The van der Waals surface area contributed by atoms with E-state index in [0.717, 1.165) is 18.5 Å². The third-order valence-electron chi connectivity index (χ3n) is 2.92. The van der Waals surface area contributed by atoms with Gasteiger partial charge in [-0.15, -0.1) is 0 Å². The summed E-state index contributed by atoms with van der Waals surface area (Å²) >= 11 is 0. The van der Waals surface area contributed by atoms with Crippen LogP contribution in [0.3, 0.4) is 0 Å². The molecule has 1 aromatic heterocycles. The van der Waals surface area contributed by atoms with Crippen LogP contribution in [-0.4, -0.2) is 35.4 Å². The predicted molar refractivity (Wildman–Crippen MR) is 65.0 cm³/mol. The fourth-order valence-electron chi connectivity index (χ4n) is 1.89. The number of carbonyl (C=O) groups is 1. The number of rotatable bonds is 4. The summed E-state index contributed by atoms with van der Waals surface area (Å²) < 4.78 is 11.0. The smallest absolute Gasteiger partial charge is 0.335 e. The second kappa shape index (κ2) is 5.82. The summed E-state index contributed by atoms with van der Waals surface area (Å²) in [6, 6.07) is 3.07. The van der Waals surface area contributed by atoms with E-state index in [-0.39, 0.29) is 11.7 Å². The van der Waals surface area contributed by atoms with Gasteiger partial charge in [0.25, 0.3) is 0 Å². The van der Waals surface area contributed by atoms with Gasteiger partial charge in [0.2, 0.25) is 5.88 Å². The molecule has 0 spiro atoms. The lowest BCUT2D eigenvalue weighted by molar-refractivity contribution is 0.0235.